The van der Waals surface area contributed by atoms with Crippen molar-refractivity contribution in [2.24, 2.45) is 0 Å². The predicted molar refractivity (Wildman–Crippen MR) is 59.9 cm³/mol. The third-order valence-electron chi connectivity index (χ3n) is 2.54. The van der Waals surface area contributed by atoms with E-state index in [0.29, 0.717) is 23.4 Å². The normalized spacial score (nSPS) is 13.8. The molecule has 4 nitrogen and oxygen atoms in total. The zero-order chi connectivity index (χ0) is 11.7. The molecule has 1 N–H and O–H groups in total. The Balaban J connectivity index is 2.47. The summed E-state index contributed by atoms with van der Waals surface area (Å²) in [5.74, 6) is 0.533. The molecule has 1 aliphatic rings. The van der Waals surface area contributed by atoms with E-state index in [1.807, 2.05) is 13.8 Å². The summed E-state index contributed by atoms with van der Waals surface area (Å²) in [6.45, 7) is 3.71. The summed E-state index contributed by atoms with van der Waals surface area (Å²) in [5.41, 5.74) is 2.08. The van der Waals surface area contributed by atoms with Gasteiger partial charge >= 0.3 is 0 Å². The molecule has 1 heterocycles. The average molecular weight is 219 g/mol. The van der Waals surface area contributed by atoms with Gasteiger partial charge in [0, 0.05) is 12.0 Å². The molecule has 84 valence electrons. The van der Waals surface area contributed by atoms with Gasteiger partial charge in [-0.3, -0.25) is 9.59 Å². The summed E-state index contributed by atoms with van der Waals surface area (Å²) in [4.78, 5) is 22.7. The largest absolute Gasteiger partial charge is 0.481 e. The Morgan fingerprint density at radius 1 is 1.50 bits per heavy atom. The van der Waals surface area contributed by atoms with Crippen molar-refractivity contribution in [3.63, 3.8) is 0 Å². The second kappa shape index (κ2) is 3.96. The average Bonchev–Trinajstić information content (AvgIpc) is 2.27. The SMILES string of the molecule is CCC(=O)c1cc(C)c2c(c1)NC(=O)CO2. The smallest absolute Gasteiger partial charge is 0.262 e. The molecule has 0 radical (unpaired) electrons. The molecule has 2 rings (SSSR count). The zero-order valence-corrected chi connectivity index (χ0v) is 9.29. The fourth-order valence-corrected chi connectivity index (χ4v) is 1.75. The maximum absolute atomic E-state index is 11.6. The van der Waals surface area contributed by atoms with Crippen LogP contribution in [-0.4, -0.2) is 18.3 Å². The lowest BCUT2D eigenvalue weighted by Crippen LogP contribution is -2.26. The van der Waals surface area contributed by atoms with Crippen LogP contribution in [0.1, 0.15) is 29.3 Å². The lowest BCUT2D eigenvalue weighted by Gasteiger charge is -2.20. The van der Waals surface area contributed by atoms with Gasteiger partial charge in [-0.25, -0.2) is 0 Å². The first kappa shape index (κ1) is 10.7. The Hall–Kier alpha value is -1.84. The number of nitrogens with one attached hydrogen (secondary N) is 1. The second-order valence-corrected chi connectivity index (χ2v) is 3.78. The molecule has 0 saturated carbocycles. The highest BCUT2D eigenvalue weighted by Gasteiger charge is 2.19. The number of carbonyl (C=O) groups excluding carboxylic acids is 2. The standard InChI is InChI=1S/C12H13NO3/c1-3-10(14)8-4-7(2)12-9(5-8)13-11(15)6-16-12/h4-5H,3,6H2,1-2H3,(H,13,15). The number of carbonyl (C=O) groups is 2. The number of hydrogen-bond acceptors (Lipinski definition) is 3. The summed E-state index contributed by atoms with van der Waals surface area (Å²) in [6.07, 6.45) is 0.451. The summed E-state index contributed by atoms with van der Waals surface area (Å²) in [5, 5.41) is 2.70. The molecule has 0 unspecified atom stereocenters. The fourth-order valence-electron chi connectivity index (χ4n) is 1.75. The van der Waals surface area contributed by atoms with Crippen LogP contribution in [0.4, 0.5) is 5.69 Å². The van der Waals surface area contributed by atoms with Crippen LogP contribution in [0.2, 0.25) is 0 Å². The fraction of sp³-hybridized carbons (Fsp3) is 0.333. The number of anilines is 1. The van der Waals surface area contributed by atoms with E-state index in [4.69, 9.17) is 4.74 Å². The van der Waals surface area contributed by atoms with Crippen LogP contribution < -0.4 is 10.1 Å². The number of ether oxygens (including phenoxy) is 1. The molecule has 4 heteroatoms. The lowest BCUT2D eigenvalue weighted by atomic mass is 10.0. The topological polar surface area (TPSA) is 55.4 Å². The molecule has 1 amide bonds. The number of rotatable bonds is 2. The van der Waals surface area contributed by atoms with Gasteiger partial charge in [0.15, 0.2) is 12.4 Å². The highest BCUT2D eigenvalue weighted by molar-refractivity contribution is 6.01. The Morgan fingerprint density at radius 2 is 2.25 bits per heavy atom. The highest BCUT2D eigenvalue weighted by Crippen LogP contribution is 2.32. The van der Waals surface area contributed by atoms with Gasteiger partial charge in [0.05, 0.1) is 5.69 Å². The maximum Gasteiger partial charge on any atom is 0.262 e. The van der Waals surface area contributed by atoms with Gasteiger partial charge in [-0.15, -0.1) is 0 Å². The van der Waals surface area contributed by atoms with Crippen LogP contribution in [0, 0.1) is 6.92 Å². The summed E-state index contributed by atoms with van der Waals surface area (Å²) in [7, 11) is 0. The minimum atomic E-state index is -0.187. The number of amides is 1. The van der Waals surface area contributed by atoms with Gasteiger partial charge in [0.2, 0.25) is 0 Å². The van der Waals surface area contributed by atoms with Gasteiger partial charge in [-0.1, -0.05) is 6.92 Å². The molecule has 0 bridgehead atoms. The van der Waals surface area contributed by atoms with Gasteiger partial charge < -0.3 is 10.1 Å². The van der Waals surface area contributed by atoms with Crippen LogP contribution in [0.3, 0.4) is 0 Å². The lowest BCUT2D eigenvalue weighted by molar-refractivity contribution is -0.118. The molecule has 1 aromatic carbocycles. The van der Waals surface area contributed by atoms with E-state index in [2.05, 4.69) is 5.32 Å². The number of benzene rings is 1. The Morgan fingerprint density at radius 3 is 2.94 bits per heavy atom. The van der Waals surface area contributed by atoms with Crippen LogP contribution in [0.25, 0.3) is 0 Å². The van der Waals surface area contributed by atoms with Gasteiger partial charge in [0.25, 0.3) is 5.91 Å². The molecule has 1 aromatic rings. The molecule has 0 aliphatic carbocycles. The van der Waals surface area contributed by atoms with E-state index >= 15 is 0 Å². The van der Waals surface area contributed by atoms with E-state index in [1.54, 1.807) is 12.1 Å². The molecule has 0 aromatic heterocycles. The third kappa shape index (κ3) is 1.78. The third-order valence-corrected chi connectivity index (χ3v) is 2.54. The molecule has 0 spiro atoms. The van der Waals surface area contributed by atoms with E-state index < -0.39 is 0 Å². The molecule has 0 saturated heterocycles. The minimum Gasteiger partial charge on any atom is -0.481 e. The van der Waals surface area contributed by atoms with Crippen molar-refractivity contribution < 1.29 is 14.3 Å². The summed E-state index contributed by atoms with van der Waals surface area (Å²) < 4.78 is 5.31. The van der Waals surface area contributed by atoms with Crippen molar-refractivity contribution in [2.45, 2.75) is 20.3 Å². The second-order valence-electron chi connectivity index (χ2n) is 3.78. The van der Waals surface area contributed by atoms with Crippen LogP contribution in [-0.2, 0) is 4.79 Å². The Labute approximate surface area is 93.6 Å². The van der Waals surface area contributed by atoms with E-state index in [1.165, 1.54) is 0 Å². The number of aryl methyl sites for hydroxylation is 1. The van der Waals surface area contributed by atoms with E-state index in [-0.39, 0.29) is 18.3 Å². The van der Waals surface area contributed by atoms with Crippen molar-refractivity contribution in [1.82, 2.24) is 0 Å². The first-order valence-electron chi connectivity index (χ1n) is 5.22. The minimum absolute atomic E-state index is 0.0366. The quantitative estimate of drug-likeness (QED) is 0.773. The highest BCUT2D eigenvalue weighted by atomic mass is 16.5. The maximum atomic E-state index is 11.6. The first-order chi connectivity index (χ1) is 7.61. The van der Waals surface area contributed by atoms with E-state index in [0.717, 1.165) is 5.56 Å². The van der Waals surface area contributed by atoms with Crippen molar-refractivity contribution in [2.75, 3.05) is 11.9 Å². The molecule has 0 fully saturated rings. The molecule has 16 heavy (non-hydrogen) atoms. The Kier molecular flexibility index (Phi) is 2.64. The van der Waals surface area contributed by atoms with Gasteiger partial charge in [-0.05, 0) is 24.6 Å². The van der Waals surface area contributed by atoms with Crippen molar-refractivity contribution in [3.8, 4) is 5.75 Å². The Bertz CT molecular complexity index is 466. The monoisotopic (exact) mass is 219 g/mol. The zero-order valence-electron chi connectivity index (χ0n) is 9.29. The van der Waals surface area contributed by atoms with Crippen LogP contribution in [0.15, 0.2) is 12.1 Å². The van der Waals surface area contributed by atoms with Crippen LogP contribution >= 0.6 is 0 Å². The van der Waals surface area contributed by atoms with Crippen LogP contribution in [0.5, 0.6) is 5.75 Å². The van der Waals surface area contributed by atoms with Crippen molar-refractivity contribution in [1.29, 1.82) is 0 Å². The van der Waals surface area contributed by atoms with Crippen molar-refractivity contribution >= 4 is 17.4 Å². The first-order valence-corrected chi connectivity index (χ1v) is 5.22. The summed E-state index contributed by atoms with van der Waals surface area (Å²) >= 11 is 0. The van der Waals surface area contributed by atoms with Crippen molar-refractivity contribution in [3.05, 3.63) is 23.3 Å². The summed E-state index contributed by atoms with van der Waals surface area (Å²) in [6, 6.07) is 3.47. The number of Topliss-reactive ketones (excluding diaryl/α,β-unsaturated/α-hetero) is 1. The van der Waals surface area contributed by atoms with Gasteiger partial charge in [-0.2, -0.15) is 0 Å². The number of ketones is 1. The number of hydrogen-bond donors (Lipinski definition) is 1. The predicted octanol–water partition coefficient (Wildman–Crippen LogP) is 1.92. The molecule has 1 aliphatic heterocycles. The molecular weight excluding hydrogens is 206 g/mol. The van der Waals surface area contributed by atoms with Gasteiger partial charge in [0.1, 0.15) is 5.75 Å². The molecular formula is C12H13NO3. The van der Waals surface area contributed by atoms with E-state index in [9.17, 15) is 9.59 Å². The molecule has 0 atom stereocenters. The number of fused-ring (bicyclic) bond motifs is 1.